The molecule has 2 rings (SSSR count). The summed E-state index contributed by atoms with van der Waals surface area (Å²) in [5.41, 5.74) is 1.29. The molecule has 4 heteroatoms. The number of carbonyl (C=O) groups is 1. The highest BCUT2D eigenvalue weighted by atomic mass is 16.6. The summed E-state index contributed by atoms with van der Waals surface area (Å²) in [6, 6.07) is 7.24. The molecule has 108 valence electrons. The monoisotopic (exact) mass is 275 g/mol. The first-order valence-corrected chi connectivity index (χ1v) is 6.71. The second-order valence-corrected chi connectivity index (χ2v) is 6.07. The molecule has 1 unspecified atom stereocenters. The van der Waals surface area contributed by atoms with Crippen molar-refractivity contribution in [2.45, 2.75) is 39.3 Å². The number of aliphatic hydroxyl groups is 1. The minimum absolute atomic E-state index is 0.0143. The predicted molar refractivity (Wildman–Crippen MR) is 79.7 cm³/mol. The fourth-order valence-corrected chi connectivity index (χ4v) is 2.33. The predicted octanol–water partition coefficient (Wildman–Crippen LogP) is 3.14. The van der Waals surface area contributed by atoms with Crippen molar-refractivity contribution >= 4 is 17.4 Å². The molecule has 4 nitrogen and oxygen atoms in total. The quantitative estimate of drug-likeness (QED) is 0.800. The average Bonchev–Trinajstić information content (AvgIpc) is 2.34. The average molecular weight is 275 g/mol. The molecule has 20 heavy (non-hydrogen) atoms. The molecule has 0 aliphatic carbocycles. The van der Waals surface area contributed by atoms with Crippen LogP contribution in [0.2, 0.25) is 0 Å². The maximum absolute atomic E-state index is 12.3. The van der Waals surface area contributed by atoms with Crippen molar-refractivity contribution in [1.82, 2.24) is 0 Å². The maximum atomic E-state index is 12.3. The number of nitrogens with zero attached hydrogens (tertiary/aromatic N) is 1. The summed E-state index contributed by atoms with van der Waals surface area (Å²) in [4.78, 5) is 14.3. The van der Waals surface area contributed by atoms with Crippen molar-refractivity contribution in [3.05, 3.63) is 35.4 Å². The van der Waals surface area contributed by atoms with Gasteiger partial charge < -0.3 is 14.7 Å². The summed E-state index contributed by atoms with van der Waals surface area (Å²) in [6.07, 6.45) is 0. The molecule has 0 saturated heterocycles. The lowest BCUT2D eigenvalue weighted by molar-refractivity contribution is -0.150. The minimum Gasteiger partial charge on any atom is -0.507 e. The van der Waals surface area contributed by atoms with Gasteiger partial charge in [0.1, 0.15) is 16.9 Å². The number of hydrogen-bond donors (Lipinski definition) is 1. The zero-order valence-electron chi connectivity index (χ0n) is 12.6. The molecule has 1 atom stereocenters. The number of rotatable bonds is 1. The smallest absolute Gasteiger partial charge is 0.340 e. The Bertz CT molecular complexity index is 569. The molecule has 1 aliphatic heterocycles. The van der Waals surface area contributed by atoms with Crippen molar-refractivity contribution in [3.8, 4) is 0 Å². The summed E-state index contributed by atoms with van der Waals surface area (Å²) in [7, 11) is 1.90. The van der Waals surface area contributed by atoms with Crippen LogP contribution in [-0.4, -0.2) is 29.8 Å². The van der Waals surface area contributed by atoms with E-state index in [1.54, 1.807) is 6.07 Å². The minimum atomic E-state index is -0.584. The van der Waals surface area contributed by atoms with Gasteiger partial charge in [-0.3, -0.25) is 0 Å². The number of para-hydroxylation sites is 1. The Balaban J connectivity index is 2.49. The van der Waals surface area contributed by atoms with E-state index in [2.05, 4.69) is 0 Å². The normalized spacial score (nSPS) is 18.9. The highest BCUT2D eigenvalue weighted by molar-refractivity contribution is 6.01. The Hall–Kier alpha value is -1.97. The summed E-state index contributed by atoms with van der Waals surface area (Å²) in [5, 5.41) is 10.4. The number of carbonyl (C=O) groups excluding carboxylic acids is 1. The maximum Gasteiger partial charge on any atom is 0.340 e. The van der Waals surface area contributed by atoms with Crippen LogP contribution in [0.1, 0.15) is 33.3 Å². The summed E-state index contributed by atoms with van der Waals surface area (Å²) >= 11 is 0. The SMILES string of the molecule is CC1C(C(=O)OC(C)(C)C)=C(O)c2ccccc2N1C. The van der Waals surface area contributed by atoms with E-state index in [-0.39, 0.29) is 11.8 Å². The summed E-state index contributed by atoms with van der Waals surface area (Å²) in [6.45, 7) is 7.32. The standard InChI is InChI=1S/C16H21NO3/c1-10-13(15(19)20-16(2,3)4)14(18)11-8-6-7-9-12(11)17(10)5/h6-10,18H,1-5H3. The number of esters is 1. The zero-order chi connectivity index (χ0) is 15.1. The van der Waals surface area contributed by atoms with E-state index >= 15 is 0 Å². The number of aliphatic hydroxyl groups excluding tert-OH is 1. The first kappa shape index (κ1) is 14.4. The van der Waals surface area contributed by atoms with Crippen LogP contribution in [0.5, 0.6) is 0 Å². The third kappa shape index (κ3) is 2.50. The molecular formula is C16H21NO3. The van der Waals surface area contributed by atoms with Crippen LogP contribution < -0.4 is 4.90 Å². The zero-order valence-corrected chi connectivity index (χ0v) is 12.6. The van der Waals surface area contributed by atoms with Gasteiger partial charge in [0, 0.05) is 18.3 Å². The van der Waals surface area contributed by atoms with E-state index in [0.717, 1.165) is 5.69 Å². The Morgan fingerprint density at radius 2 is 1.90 bits per heavy atom. The topological polar surface area (TPSA) is 49.8 Å². The largest absolute Gasteiger partial charge is 0.507 e. The van der Waals surface area contributed by atoms with Gasteiger partial charge in [0.2, 0.25) is 0 Å². The lowest BCUT2D eigenvalue weighted by Crippen LogP contribution is -2.39. The Kier molecular flexibility index (Phi) is 3.50. The van der Waals surface area contributed by atoms with Crippen molar-refractivity contribution in [2.75, 3.05) is 11.9 Å². The van der Waals surface area contributed by atoms with E-state index < -0.39 is 11.6 Å². The highest BCUT2D eigenvalue weighted by Gasteiger charge is 2.34. The molecular weight excluding hydrogens is 254 g/mol. The lowest BCUT2D eigenvalue weighted by Gasteiger charge is -2.35. The van der Waals surface area contributed by atoms with Gasteiger partial charge in [0.25, 0.3) is 0 Å². The Morgan fingerprint density at radius 1 is 1.30 bits per heavy atom. The van der Waals surface area contributed by atoms with Crippen LogP contribution in [0.15, 0.2) is 29.8 Å². The van der Waals surface area contributed by atoms with Gasteiger partial charge >= 0.3 is 5.97 Å². The van der Waals surface area contributed by atoms with Crippen molar-refractivity contribution in [3.63, 3.8) is 0 Å². The molecule has 1 heterocycles. The number of likely N-dealkylation sites (N-methyl/N-ethyl adjacent to an activating group) is 1. The van der Waals surface area contributed by atoms with Crippen molar-refractivity contribution in [2.24, 2.45) is 0 Å². The second kappa shape index (κ2) is 4.85. The van der Waals surface area contributed by atoms with Gasteiger partial charge in [0.05, 0.1) is 6.04 Å². The fourth-order valence-electron chi connectivity index (χ4n) is 2.33. The van der Waals surface area contributed by atoms with E-state index in [1.165, 1.54) is 0 Å². The van der Waals surface area contributed by atoms with Gasteiger partial charge in [-0.15, -0.1) is 0 Å². The molecule has 0 saturated carbocycles. The molecule has 0 spiro atoms. The van der Waals surface area contributed by atoms with Crippen LogP contribution in [0.3, 0.4) is 0 Å². The molecule has 0 radical (unpaired) electrons. The van der Waals surface area contributed by atoms with Gasteiger partial charge in [-0.2, -0.15) is 0 Å². The molecule has 1 aliphatic rings. The van der Waals surface area contributed by atoms with Crippen LogP contribution >= 0.6 is 0 Å². The molecule has 0 bridgehead atoms. The van der Waals surface area contributed by atoms with Gasteiger partial charge in [0.15, 0.2) is 0 Å². The number of fused-ring (bicyclic) bond motifs is 1. The second-order valence-electron chi connectivity index (χ2n) is 6.07. The Labute approximate surface area is 119 Å². The van der Waals surface area contributed by atoms with Crippen molar-refractivity contribution in [1.29, 1.82) is 0 Å². The third-order valence-electron chi connectivity index (χ3n) is 3.41. The third-order valence-corrected chi connectivity index (χ3v) is 3.41. The van der Waals surface area contributed by atoms with Crippen LogP contribution in [0, 0.1) is 0 Å². The number of hydrogen-bond acceptors (Lipinski definition) is 4. The van der Waals surface area contributed by atoms with Gasteiger partial charge in [-0.05, 0) is 39.8 Å². The van der Waals surface area contributed by atoms with E-state index in [1.807, 2.05) is 57.8 Å². The molecule has 1 aromatic rings. The molecule has 0 fully saturated rings. The van der Waals surface area contributed by atoms with Crippen LogP contribution in [0.25, 0.3) is 5.76 Å². The van der Waals surface area contributed by atoms with Crippen LogP contribution in [-0.2, 0) is 9.53 Å². The van der Waals surface area contributed by atoms with E-state index in [4.69, 9.17) is 4.74 Å². The van der Waals surface area contributed by atoms with E-state index in [0.29, 0.717) is 11.1 Å². The summed E-state index contributed by atoms with van der Waals surface area (Å²) < 4.78 is 5.40. The number of anilines is 1. The van der Waals surface area contributed by atoms with E-state index in [9.17, 15) is 9.90 Å². The number of benzene rings is 1. The first-order valence-electron chi connectivity index (χ1n) is 6.71. The highest BCUT2D eigenvalue weighted by Crippen LogP contribution is 2.36. The fraction of sp³-hybridized carbons (Fsp3) is 0.438. The first-order chi connectivity index (χ1) is 9.22. The lowest BCUT2D eigenvalue weighted by atomic mass is 9.95. The van der Waals surface area contributed by atoms with Gasteiger partial charge in [-0.25, -0.2) is 4.79 Å². The number of ether oxygens (including phenoxy) is 1. The van der Waals surface area contributed by atoms with Crippen LogP contribution in [0.4, 0.5) is 5.69 Å². The molecule has 1 N–H and O–H groups in total. The van der Waals surface area contributed by atoms with Crippen molar-refractivity contribution < 1.29 is 14.6 Å². The summed E-state index contributed by atoms with van der Waals surface area (Å²) in [5.74, 6) is -0.454. The molecule has 0 aromatic heterocycles. The molecule has 0 amide bonds. The van der Waals surface area contributed by atoms with Gasteiger partial charge in [-0.1, -0.05) is 12.1 Å². The Morgan fingerprint density at radius 3 is 2.50 bits per heavy atom. The molecule has 1 aromatic carbocycles.